The van der Waals surface area contributed by atoms with Gasteiger partial charge in [-0.2, -0.15) is 0 Å². The van der Waals surface area contributed by atoms with Gasteiger partial charge in [0.05, 0.1) is 27.0 Å². The van der Waals surface area contributed by atoms with Crippen molar-refractivity contribution < 1.29 is 18.0 Å². The third-order valence-corrected chi connectivity index (χ3v) is 8.38. The highest BCUT2D eigenvalue weighted by molar-refractivity contribution is 7.92. The summed E-state index contributed by atoms with van der Waals surface area (Å²) in [6.07, 6.45) is 1.92. The smallest absolute Gasteiger partial charge is 0.244 e. The van der Waals surface area contributed by atoms with E-state index < -0.39 is 28.5 Å². The van der Waals surface area contributed by atoms with Crippen LogP contribution in [0.2, 0.25) is 15.1 Å². The maximum Gasteiger partial charge on any atom is 0.244 e. The van der Waals surface area contributed by atoms with Crippen LogP contribution in [0.15, 0.2) is 66.7 Å². The Morgan fingerprint density at radius 1 is 0.900 bits per heavy atom. The number of benzene rings is 3. The van der Waals surface area contributed by atoms with Crippen molar-refractivity contribution in [1.82, 2.24) is 10.2 Å². The zero-order chi connectivity index (χ0) is 29.4. The van der Waals surface area contributed by atoms with Crippen molar-refractivity contribution >= 4 is 62.3 Å². The summed E-state index contributed by atoms with van der Waals surface area (Å²) < 4.78 is 26.7. The highest BCUT2D eigenvalue weighted by atomic mass is 35.5. The van der Waals surface area contributed by atoms with E-state index in [1.165, 1.54) is 17.0 Å². The Labute approximate surface area is 251 Å². The number of hydrogen-bond donors (Lipinski definition) is 1. The maximum atomic E-state index is 14.1. The molecule has 0 saturated carbocycles. The van der Waals surface area contributed by atoms with Crippen molar-refractivity contribution in [2.24, 2.45) is 0 Å². The Morgan fingerprint density at radius 2 is 1.52 bits per heavy atom. The molecule has 0 bridgehead atoms. The summed E-state index contributed by atoms with van der Waals surface area (Å²) in [5, 5.41) is 3.14. The lowest BCUT2D eigenvalue weighted by Crippen LogP contribution is -2.53. The molecule has 11 heteroatoms. The Hall–Kier alpha value is -2.78. The molecule has 0 aromatic heterocycles. The highest BCUT2D eigenvalue weighted by Crippen LogP contribution is 2.35. The zero-order valence-corrected chi connectivity index (χ0v) is 25.6. The minimum absolute atomic E-state index is 0.0113. The van der Waals surface area contributed by atoms with Gasteiger partial charge in [0, 0.05) is 19.5 Å². The van der Waals surface area contributed by atoms with Gasteiger partial charge >= 0.3 is 0 Å². The number of nitrogens with one attached hydrogen (secondary N) is 1. The molecular weight excluding hydrogens is 593 g/mol. The van der Waals surface area contributed by atoms with Gasteiger partial charge in [-0.25, -0.2) is 8.42 Å². The van der Waals surface area contributed by atoms with E-state index in [0.717, 1.165) is 27.3 Å². The molecular formula is C29H32Cl3N3O4S. The lowest BCUT2D eigenvalue weighted by Gasteiger charge is -2.33. The molecule has 1 atom stereocenters. The number of carbonyl (C=O) groups excluding carboxylic acids is 2. The number of amides is 2. The van der Waals surface area contributed by atoms with Crippen molar-refractivity contribution in [3.63, 3.8) is 0 Å². The van der Waals surface area contributed by atoms with Crippen LogP contribution in [0.4, 0.5) is 5.69 Å². The average molecular weight is 625 g/mol. The molecule has 0 saturated heterocycles. The van der Waals surface area contributed by atoms with Crippen molar-refractivity contribution in [3.8, 4) is 0 Å². The molecule has 3 rings (SSSR count). The van der Waals surface area contributed by atoms with E-state index in [4.69, 9.17) is 34.8 Å². The van der Waals surface area contributed by atoms with Gasteiger partial charge < -0.3 is 10.2 Å². The molecule has 1 N–H and O–H groups in total. The van der Waals surface area contributed by atoms with Crippen molar-refractivity contribution in [2.45, 2.75) is 39.3 Å². The molecule has 0 aliphatic carbocycles. The van der Waals surface area contributed by atoms with E-state index in [1.54, 1.807) is 0 Å². The third kappa shape index (κ3) is 8.61. The fourth-order valence-electron chi connectivity index (χ4n) is 4.11. The molecule has 0 fully saturated rings. The highest BCUT2D eigenvalue weighted by Gasteiger charge is 2.33. The van der Waals surface area contributed by atoms with Gasteiger partial charge in [0.1, 0.15) is 12.6 Å². The Kier molecular flexibility index (Phi) is 11.3. The van der Waals surface area contributed by atoms with E-state index in [9.17, 15) is 18.0 Å². The number of anilines is 1. The molecule has 3 aromatic carbocycles. The quantitative estimate of drug-likeness (QED) is 0.255. The van der Waals surface area contributed by atoms with Crippen LogP contribution in [0.3, 0.4) is 0 Å². The van der Waals surface area contributed by atoms with Gasteiger partial charge in [-0.15, -0.1) is 0 Å². The largest absolute Gasteiger partial charge is 0.354 e. The summed E-state index contributed by atoms with van der Waals surface area (Å²) in [7, 11) is -4.00. The average Bonchev–Trinajstić information content (AvgIpc) is 2.91. The molecule has 2 amide bonds. The Balaban J connectivity index is 2.07. The standard InChI is InChI=1S/C29H32Cl3N3O4S/c1-4-14-33-29(37)27(15-21-8-6-5-7-9-21)34(18-22-12-10-20(2)11-13-22)28(36)19-35(40(3,38)39)26-17-24(31)23(30)16-25(26)32/h5-13,16-17,27H,4,14-15,18-19H2,1-3H3,(H,33,37)/t27-/m1/s1. The molecule has 0 unspecified atom stereocenters. The van der Waals surface area contributed by atoms with Gasteiger partial charge in [0.15, 0.2) is 0 Å². The van der Waals surface area contributed by atoms with Crippen LogP contribution in [-0.2, 0) is 32.6 Å². The van der Waals surface area contributed by atoms with Gasteiger partial charge in [0.25, 0.3) is 0 Å². The molecule has 3 aromatic rings. The fraction of sp³-hybridized carbons (Fsp3) is 0.310. The maximum absolute atomic E-state index is 14.1. The van der Waals surface area contributed by atoms with Crippen molar-refractivity contribution in [2.75, 3.05) is 23.7 Å². The van der Waals surface area contributed by atoms with E-state index in [0.29, 0.717) is 13.0 Å². The second-order valence-corrected chi connectivity index (χ2v) is 12.6. The van der Waals surface area contributed by atoms with Gasteiger partial charge in [-0.3, -0.25) is 13.9 Å². The van der Waals surface area contributed by atoms with E-state index in [2.05, 4.69) is 5.32 Å². The van der Waals surface area contributed by atoms with E-state index in [-0.39, 0.29) is 39.6 Å². The number of halogens is 3. The first kappa shape index (κ1) is 31.7. The number of carbonyl (C=O) groups is 2. The number of nitrogens with zero attached hydrogens (tertiary/aromatic N) is 2. The first-order valence-corrected chi connectivity index (χ1v) is 15.7. The SMILES string of the molecule is CCCNC(=O)[C@@H](Cc1ccccc1)N(Cc1ccc(C)cc1)C(=O)CN(c1cc(Cl)c(Cl)cc1Cl)S(C)(=O)=O. The normalized spacial score (nSPS) is 12.1. The van der Waals surface area contributed by atoms with E-state index >= 15 is 0 Å². The van der Waals surface area contributed by atoms with Crippen LogP contribution >= 0.6 is 34.8 Å². The predicted molar refractivity (Wildman–Crippen MR) is 163 cm³/mol. The molecule has 0 aliphatic heterocycles. The van der Waals surface area contributed by atoms with E-state index in [1.807, 2.05) is 68.4 Å². The molecule has 7 nitrogen and oxygen atoms in total. The molecule has 40 heavy (non-hydrogen) atoms. The molecule has 214 valence electrons. The van der Waals surface area contributed by atoms with Crippen LogP contribution in [0.1, 0.15) is 30.0 Å². The first-order chi connectivity index (χ1) is 18.9. The molecule has 0 radical (unpaired) electrons. The summed E-state index contributed by atoms with van der Waals surface area (Å²) >= 11 is 18.6. The minimum atomic E-state index is -4.00. The van der Waals surface area contributed by atoms with Crippen LogP contribution in [-0.4, -0.2) is 50.5 Å². The molecule has 0 aliphatic rings. The van der Waals surface area contributed by atoms with Crippen molar-refractivity contribution in [3.05, 3.63) is 98.5 Å². The predicted octanol–water partition coefficient (Wildman–Crippen LogP) is 5.89. The Bertz CT molecular complexity index is 1430. The monoisotopic (exact) mass is 623 g/mol. The summed E-state index contributed by atoms with van der Waals surface area (Å²) in [5.74, 6) is -0.912. The second kappa shape index (κ2) is 14.2. The van der Waals surface area contributed by atoms with Gasteiger partial charge in [-0.1, -0.05) is 102 Å². The summed E-state index contributed by atoms with van der Waals surface area (Å²) in [6.45, 7) is 3.81. The number of rotatable bonds is 12. The first-order valence-electron chi connectivity index (χ1n) is 12.7. The fourth-order valence-corrected chi connectivity index (χ4v) is 5.65. The number of sulfonamides is 1. The minimum Gasteiger partial charge on any atom is -0.354 e. The number of hydrogen-bond acceptors (Lipinski definition) is 4. The Morgan fingerprint density at radius 3 is 2.12 bits per heavy atom. The van der Waals surface area contributed by atoms with Crippen LogP contribution in [0.25, 0.3) is 0 Å². The van der Waals surface area contributed by atoms with Gasteiger partial charge in [-0.05, 0) is 36.6 Å². The number of aryl methyl sites for hydroxylation is 1. The topological polar surface area (TPSA) is 86.8 Å². The van der Waals surface area contributed by atoms with Crippen molar-refractivity contribution in [1.29, 1.82) is 0 Å². The molecule has 0 spiro atoms. The summed E-state index contributed by atoms with van der Waals surface area (Å²) in [4.78, 5) is 29.0. The second-order valence-electron chi connectivity index (χ2n) is 9.49. The third-order valence-electron chi connectivity index (χ3n) is 6.23. The lowest BCUT2D eigenvalue weighted by molar-refractivity contribution is -0.140. The summed E-state index contributed by atoms with van der Waals surface area (Å²) in [5.41, 5.74) is 2.70. The van der Waals surface area contributed by atoms with Gasteiger partial charge in [0.2, 0.25) is 21.8 Å². The molecule has 0 heterocycles. The van der Waals surface area contributed by atoms with Crippen LogP contribution < -0.4 is 9.62 Å². The van der Waals surface area contributed by atoms with Crippen LogP contribution in [0.5, 0.6) is 0 Å². The summed E-state index contributed by atoms with van der Waals surface area (Å²) in [6, 6.07) is 18.7. The van der Waals surface area contributed by atoms with Crippen LogP contribution in [0, 0.1) is 6.92 Å². The lowest BCUT2D eigenvalue weighted by atomic mass is 10.0. The zero-order valence-electron chi connectivity index (χ0n) is 22.5.